The predicted molar refractivity (Wildman–Crippen MR) is 76.8 cm³/mol. The number of pyridine rings is 1. The second-order valence-electron chi connectivity index (χ2n) is 4.50. The SMILES string of the molecule is CNc1cc([N+](=O)[O-])cc(NCCC(=O)NC(C)C)n1. The van der Waals surface area contributed by atoms with E-state index in [0.717, 1.165) is 0 Å². The van der Waals surface area contributed by atoms with Gasteiger partial charge in [-0.05, 0) is 13.8 Å². The van der Waals surface area contributed by atoms with Crippen molar-refractivity contribution in [2.75, 3.05) is 24.2 Å². The lowest BCUT2D eigenvalue weighted by molar-refractivity contribution is -0.384. The van der Waals surface area contributed by atoms with Gasteiger partial charge in [0.25, 0.3) is 5.69 Å². The van der Waals surface area contributed by atoms with Crippen LogP contribution in [-0.4, -0.2) is 35.4 Å². The summed E-state index contributed by atoms with van der Waals surface area (Å²) in [4.78, 5) is 25.9. The van der Waals surface area contributed by atoms with Gasteiger partial charge in [0.1, 0.15) is 11.6 Å². The van der Waals surface area contributed by atoms with Crippen LogP contribution in [0.4, 0.5) is 17.3 Å². The number of rotatable bonds is 7. The Balaban J connectivity index is 2.61. The molecule has 8 nitrogen and oxygen atoms in total. The zero-order valence-corrected chi connectivity index (χ0v) is 11.8. The summed E-state index contributed by atoms with van der Waals surface area (Å²) in [6, 6.07) is 2.77. The minimum atomic E-state index is -0.487. The van der Waals surface area contributed by atoms with Crippen LogP contribution in [0.15, 0.2) is 12.1 Å². The molecule has 1 aromatic rings. The van der Waals surface area contributed by atoms with Gasteiger partial charge in [-0.15, -0.1) is 0 Å². The fourth-order valence-corrected chi connectivity index (χ4v) is 1.54. The fraction of sp³-hybridized carbons (Fsp3) is 0.500. The van der Waals surface area contributed by atoms with Gasteiger partial charge in [-0.25, -0.2) is 4.98 Å². The summed E-state index contributed by atoms with van der Waals surface area (Å²) in [6.07, 6.45) is 0.275. The molecular formula is C12H19N5O3. The lowest BCUT2D eigenvalue weighted by atomic mass is 10.3. The van der Waals surface area contributed by atoms with Crippen molar-refractivity contribution in [2.24, 2.45) is 0 Å². The van der Waals surface area contributed by atoms with E-state index in [1.165, 1.54) is 12.1 Å². The Bertz CT molecular complexity index is 490. The van der Waals surface area contributed by atoms with Crippen molar-refractivity contribution in [3.05, 3.63) is 22.2 Å². The van der Waals surface area contributed by atoms with Crippen molar-refractivity contribution >= 4 is 23.2 Å². The average Bonchev–Trinajstić information content (AvgIpc) is 2.37. The highest BCUT2D eigenvalue weighted by Crippen LogP contribution is 2.20. The number of hydrogen-bond acceptors (Lipinski definition) is 6. The molecule has 0 fully saturated rings. The number of nitrogens with one attached hydrogen (secondary N) is 3. The van der Waals surface area contributed by atoms with Crippen molar-refractivity contribution in [2.45, 2.75) is 26.3 Å². The van der Waals surface area contributed by atoms with E-state index >= 15 is 0 Å². The van der Waals surface area contributed by atoms with Crippen LogP contribution in [0.1, 0.15) is 20.3 Å². The highest BCUT2D eigenvalue weighted by molar-refractivity contribution is 5.76. The standard InChI is InChI=1S/C12H19N5O3/c1-8(2)15-12(18)4-5-14-11-7-9(17(19)20)6-10(13-3)16-11/h6-8H,4-5H2,1-3H3,(H,15,18)(H2,13,14,16). The number of nitro groups is 1. The zero-order valence-electron chi connectivity index (χ0n) is 11.8. The highest BCUT2D eigenvalue weighted by Gasteiger charge is 2.11. The first-order chi connectivity index (χ1) is 9.42. The molecule has 1 heterocycles. The molecule has 0 bridgehead atoms. The summed E-state index contributed by atoms with van der Waals surface area (Å²) >= 11 is 0. The summed E-state index contributed by atoms with van der Waals surface area (Å²) in [5.41, 5.74) is -0.0570. The second kappa shape index (κ2) is 7.27. The molecule has 110 valence electrons. The van der Waals surface area contributed by atoms with E-state index in [4.69, 9.17) is 0 Å². The molecule has 0 saturated heterocycles. The fourth-order valence-electron chi connectivity index (χ4n) is 1.54. The van der Waals surface area contributed by atoms with Gasteiger partial charge in [0, 0.05) is 26.1 Å². The Morgan fingerprint density at radius 3 is 2.60 bits per heavy atom. The van der Waals surface area contributed by atoms with Crippen molar-refractivity contribution in [3.63, 3.8) is 0 Å². The second-order valence-corrected chi connectivity index (χ2v) is 4.50. The summed E-state index contributed by atoms with van der Waals surface area (Å²) in [6.45, 7) is 4.12. The van der Waals surface area contributed by atoms with Gasteiger partial charge in [-0.2, -0.15) is 0 Å². The smallest absolute Gasteiger partial charge is 0.276 e. The first kappa shape index (κ1) is 15.7. The molecule has 3 N–H and O–H groups in total. The molecule has 20 heavy (non-hydrogen) atoms. The van der Waals surface area contributed by atoms with Gasteiger partial charge in [0.15, 0.2) is 0 Å². The van der Waals surface area contributed by atoms with E-state index in [1.807, 2.05) is 13.8 Å². The third kappa shape index (κ3) is 5.09. The Hall–Kier alpha value is -2.38. The van der Waals surface area contributed by atoms with Gasteiger partial charge < -0.3 is 16.0 Å². The quantitative estimate of drug-likeness (QED) is 0.514. The minimum absolute atomic E-state index is 0.0570. The summed E-state index contributed by atoms with van der Waals surface area (Å²) in [7, 11) is 1.63. The number of hydrogen-bond donors (Lipinski definition) is 3. The number of nitrogens with zero attached hydrogens (tertiary/aromatic N) is 2. The molecule has 0 radical (unpaired) electrons. The average molecular weight is 281 g/mol. The molecule has 0 spiro atoms. The number of carbonyl (C=O) groups excluding carboxylic acids is 1. The maximum atomic E-state index is 11.4. The Kier molecular flexibility index (Phi) is 5.70. The third-order valence-electron chi connectivity index (χ3n) is 2.38. The maximum absolute atomic E-state index is 11.4. The van der Waals surface area contributed by atoms with Gasteiger partial charge in [0.05, 0.1) is 17.1 Å². The minimum Gasteiger partial charge on any atom is -0.373 e. The van der Waals surface area contributed by atoms with Crippen LogP contribution in [0, 0.1) is 10.1 Å². The van der Waals surface area contributed by atoms with E-state index in [2.05, 4.69) is 20.9 Å². The molecule has 0 saturated carbocycles. The van der Waals surface area contributed by atoms with Crippen LogP contribution in [0.5, 0.6) is 0 Å². The lowest BCUT2D eigenvalue weighted by Crippen LogP contribution is -2.31. The molecule has 1 aromatic heterocycles. The van der Waals surface area contributed by atoms with Gasteiger partial charge in [-0.3, -0.25) is 14.9 Å². The molecule has 0 aliphatic rings. The van der Waals surface area contributed by atoms with E-state index in [9.17, 15) is 14.9 Å². The van der Waals surface area contributed by atoms with Crippen molar-refractivity contribution in [1.29, 1.82) is 0 Å². The monoisotopic (exact) mass is 281 g/mol. The summed E-state index contributed by atoms with van der Waals surface area (Å²) in [5.74, 6) is 0.681. The first-order valence-corrected chi connectivity index (χ1v) is 6.30. The Morgan fingerprint density at radius 1 is 1.40 bits per heavy atom. The van der Waals surface area contributed by atoms with Crippen LogP contribution >= 0.6 is 0 Å². The molecule has 0 atom stereocenters. The Labute approximate surface area is 117 Å². The molecule has 1 rings (SSSR count). The number of aromatic nitrogens is 1. The molecule has 8 heteroatoms. The highest BCUT2D eigenvalue weighted by atomic mass is 16.6. The van der Waals surface area contributed by atoms with Crippen molar-refractivity contribution in [1.82, 2.24) is 10.3 Å². The zero-order chi connectivity index (χ0) is 15.1. The number of carbonyl (C=O) groups is 1. The molecule has 0 aliphatic carbocycles. The summed E-state index contributed by atoms with van der Waals surface area (Å²) < 4.78 is 0. The molecule has 0 unspecified atom stereocenters. The van der Waals surface area contributed by atoms with Crippen LogP contribution in [0.3, 0.4) is 0 Å². The largest absolute Gasteiger partial charge is 0.373 e. The van der Waals surface area contributed by atoms with Crippen LogP contribution in [-0.2, 0) is 4.79 Å². The molecular weight excluding hydrogens is 262 g/mol. The number of anilines is 2. The molecule has 1 amide bonds. The van der Waals surface area contributed by atoms with E-state index in [-0.39, 0.29) is 24.1 Å². The summed E-state index contributed by atoms with van der Waals surface area (Å²) in [5, 5.41) is 19.2. The van der Waals surface area contributed by atoms with Crippen molar-refractivity contribution in [3.8, 4) is 0 Å². The van der Waals surface area contributed by atoms with Gasteiger partial charge in [-0.1, -0.05) is 0 Å². The molecule has 0 aromatic carbocycles. The normalized spacial score (nSPS) is 10.2. The predicted octanol–water partition coefficient (Wildman–Crippen LogP) is 1.36. The molecule has 0 aliphatic heterocycles. The van der Waals surface area contributed by atoms with Crippen LogP contribution in [0.25, 0.3) is 0 Å². The maximum Gasteiger partial charge on any atom is 0.276 e. The Morgan fingerprint density at radius 2 is 2.05 bits per heavy atom. The van der Waals surface area contributed by atoms with Crippen LogP contribution < -0.4 is 16.0 Å². The van der Waals surface area contributed by atoms with E-state index in [0.29, 0.717) is 18.2 Å². The van der Waals surface area contributed by atoms with Crippen LogP contribution in [0.2, 0.25) is 0 Å². The number of amides is 1. The van der Waals surface area contributed by atoms with Gasteiger partial charge >= 0.3 is 0 Å². The van der Waals surface area contributed by atoms with E-state index < -0.39 is 4.92 Å². The van der Waals surface area contributed by atoms with Gasteiger partial charge in [0.2, 0.25) is 5.91 Å². The third-order valence-corrected chi connectivity index (χ3v) is 2.38. The lowest BCUT2D eigenvalue weighted by Gasteiger charge is -2.10. The topological polar surface area (TPSA) is 109 Å². The first-order valence-electron chi connectivity index (χ1n) is 6.30. The van der Waals surface area contributed by atoms with Crippen molar-refractivity contribution < 1.29 is 9.72 Å². The van der Waals surface area contributed by atoms with E-state index in [1.54, 1.807) is 7.05 Å².